The molecule has 3 aromatic carbocycles. The van der Waals surface area contributed by atoms with E-state index in [4.69, 9.17) is 16.3 Å². The van der Waals surface area contributed by atoms with E-state index in [-0.39, 0.29) is 11.8 Å². The number of rotatable bonds is 5. The van der Waals surface area contributed by atoms with Crippen LogP contribution >= 0.6 is 11.6 Å². The lowest BCUT2D eigenvalue weighted by atomic mass is 9.82. The molecule has 1 heterocycles. The molecule has 1 N–H and O–H groups in total. The van der Waals surface area contributed by atoms with Crippen molar-refractivity contribution in [1.29, 1.82) is 0 Å². The number of carbonyl (C=O) groups is 2. The Morgan fingerprint density at radius 3 is 2.48 bits per heavy atom. The molecule has 158 valence electrons. The highest BCUT2D eigenvalue weighted by atomic mass is 35.5. The second-order valence-electron chi connectivity index (χ2n) is 7.72. The van der Waals surface area contributed by atoms with Crippen LogP contribution < -0.4 is 15.0 Å². The highest BCUT2D eigenvalue weighted by Gasteiger charge is 2.47. The largest absolute Gasteiger partial charge is 0.496 e. The summed E-state index contributed by atoms with van der Waals surface area (Å²) >= 11 is 6.05. The summed E-state index contributed by atoms with van der Waals surface area (Å²) in [4.78, 5) is 28.6. The topological polar surface area (TPSA) is 58.6 Å². The van der Waals surface area contributed by atoms with E-state index in [1.54, 1.807) is 49.3 Å². The van der Waals surface area contributed by atoms with Crippen LogP contribution in [0.4, 0.5) is 5.69 Å². The van der Waals surface area contributed by atoms with Crippen LogP contribution in [-0.2, 0) is 17.8 Å². The first-order chi connectivity index (χ1) is 14.9. The van der Waals surface area contributed by atoms with E-state index in [9.17, 15) is 9.59 Å². The molecule has 6 heteroatoms. The van der Waals surface area contributed by atoms with Gasteiger partial charge in [0.25, 0.3) is 5.91 Å². The summed E-state index contributed by atoms with van der Waals surface area (Å²) < 4.78 is 5.39. The van der Waals surface area contributed by atoms with Crippen molar-refractivity contribution in [2.45, 2.75) is 25.4 Å². The number of ether oxygens (including phenoxy) is 1. The smallest absolute Gasteiger partial charge is 0.259 e. The molecule has 0 saturated heterocycles. The van der Waals surface area contributed by atoms with Gasteiger partial charge in [0.15, 0.2) is 0 Å². The Labute approximate surface area is 186 Å². The normalized spacial score (nSPS) is 17.8. The van der Waals surface area contributed by atoms with Crippen molar-refractivity contribution in [2.24, 2.45) is 0 Å². The molecular weight excluding hydrogens is 412 g/mol. The van der Waals surface area contributed by atoms with E-state index in [2.05, 4.69) is 5.32 Å². The maximum atomic E-state index is 13.5. The van der Waals surface area contributed by atoms with Gasteiger partial charge in [-0.3, -0.25) is 14.5 Å². The third kappa shape index (κ3) is 3.89. The van der Waals surface area contributed by atoms with Gasteiger partial charge in [-0.25, -0.2) is 0 Å². The molecule has 0 unspecified atom stereocenters. The molecule has 31 heavy (non-hydrogen) atoms. The lowest BCUT2D eigenvalue weighted by Crippen LogP contribution is -2.63. The molecule has 0 bridgehead atoms. The number of benzene rings is 3. The van der Waals surface area contributed by atoms with E-state index < -0.39 is 5.54 Å². The van der Waals surface area contributed by atoms with Gasteiger partial charge in [-0.05, 0) is 48.9 Å². The fourth-order valence-electron chi connectivity index (χ4n) is 4.07. The SMILES string of the molecule is COc1ccccc1CNC(=O)[C@@]1(C)Cc2ccccc2C(=O)N1c1ccc(Cl)cc1. The summed E-state index contributed by atoms with van der Waals surface area (Å²) in [6, 6.07) is 21.9. The van der Waals surface area contributed by atoms with Crippen molar-refractivity contribution in [3.8, 4) is 5.75 Å². The molecule has 5 nitrogen and oxygen atoms in total. The van der Waals surface area contributed by atoms with Crippen LogP contribution in [0.1, 0.15) is 28.4 Å². The van der Waals surface area contributed by atoms with Crippen LogP contribution in [0, 0.1) is 0 Å². The number of amides is 2. The Morgan fingerprint density at radius 2 is 1.74 bits per heavy atom. The molecule has 0 saturated carbocycles. The molecule has 0 fully saturated rings. The monoisotopic (exact) mass is 434 g/mol. The molecule has 1 aliphatic heterocycles. The summed E-state index contributed by atoms with van der Waals surface area (Å²) in [5.41, 5.74) is 1.84. The molecule has 0 aliphatic carbocycles. The van der Waals surface area contributed by atoms with Gasteiger partial charge in [0, 0.05) is 34.8 Å². The van der Waals surface area contributed by atoms with E-state index in [0.717, 1.165) is 11.1 Å². The number of nitrogens with one attached hydrogen (secondary N) is 1. The van der Waals surface area contributed by atoms with Gasteiger partial charge in [-0.15, -0.1) is 0 Å². The van der Waals surface area contributed by atoms with E-state index in [0.29, 0.717) is 35.0 Å². The summed E-state index contributed by atoms with van der Waals surface area (Å²) in [6.07, 6.45) is 0.398. The molecule has 1 atom stereocenters. The lowest BCUT2D eigenvalue weighted by molar-refractivity contribution is -0.126. The zero-order valence-corrected chi connectivity index (χ0v) is 18.1. The van der Waals surface area contributed by atoms with Crippen molar-refractivity contribution >= 4 is 29.1 Å². The molecule has 3 aromatic rings. The third-order valence-corrected chi connectivity index (χ3v) is 5.94. The zero-order valence-electron chi connectivity index (χ0n) is 17.4. The number of methoxy groups -OCH3 is 1. The van der Waals surface area contributed by atoms with Crippen LogP contribution in [0.5, 0.6) is 5.75 Å². The molecule has 0 aromatic heterocycles. The summed E-state index contributed by atoms with van der Waals surface area (Å²) in [6.45, 7) is 2.09. The number of hydrogen-bond acceptors (Lipinski definition) is 3. The Balaban J connectivity index is 1.70. The zero-order chi connectivity index (χ0) is 22.0. The van der Waals surface area contributed by atoms with E-state index >= 15 is 0 Å². The molecule has 2 amide bonds. The highest BCUT2D eigenvalue weighted by Crippen LogP contribution is 2.36. The highest BCUT2D eigenvalue weighted by molar-refractivity contribution is 6.30. The van der Waals surface area contributed by atoms with Crippen molar-refractivity contribution in [3.63, 3.8) is 0 Å². The summed E-state index contributed by atoms with van der Waals surface area (Å²) in [5, 5.41) is 3.57. The number of anilines is 1. The number of hydrogen-bond donors (Lipinski definition) is 1. The number of para-hydroxylation sites is 1. The standard InChI is InChI=1S/C25H23ClN2O3/c1-25(24(30)27-16-18-8-4-6-10-22(18)31-2)15-17-7-3-5-9-21(17)23(29)28(25)20-13-11-19(26)12-14-20/h3-14H,15-16H2,1-2H3,(H,27,30)/t25-/m1/s1. The summed E-state index contributed by atoms with van der Waals surface area (Å²) in [7, 11) is 1.60. The van der Waals surface area contributed by atoms with E-state index in [1.807, 2.05) is 42.5 Å². The predicted octanol–water partition coefficient (Wildman–Crippen LogP) is 4.63. The van der Waals surface area contributed by atoms with E-state index in [1.165, 1.54) is 0 Å². The van der Waals surface area contributed by atoms with Crippen LogP contribution in [0.2, 0.25) is 5.02 Å². The Kier molecular flexibility index (Phi) is 5.70. The van der Waals surface area contributed by atoms with Gasteiger partial charge in [0.1, 0.15) is 11.3 Å². The quantitative estimate of drug-likeness (QED) is 0.637. The number of halogens is 1. The second-order valence-corrected chi connectivity index (χ2v) is 8.16. The number of carbonyl (C=O) groups excluding carboxylic acids is 2. The van der Waals surface area contributed by atoms with Crippen LogP contribution in [0.15, 0.2) is 72.8 Å². The fourth-order valence-corrected chi connectivity index (χ4v) is 4.19. The lowest BCUT2D eigenvalue weighted by Gasteiger charge is -2.44. The van der Waals surface area contributed by atoms with Crippen molar-refractivity contribution in [2.75, 3.05) is 12.0 Å². The van der Waals surface area contributed by atoms with Gasteiger partial charge in [0.05, 0.1) is 7.11 Å². The Bertz CT molecular complexity index is 1130. The van der Waals surface area contributed by atoms with Gasteiger partial charge < -0.3 is 10.1 Å². The van der Waals surface area contributed by atoms with Crippen molar-refractivity contribution in [1.82, 2.24) is 5.32 Å². The first-order valence-electron chi connectivity index (χ1n) is 10.0. The first kappa shape index (κ1) is 20.9. The van der Waals surface area contributed by atoms with Gasteiger partial charge in [-0.1, -0.05) is 48.0 Å². The minimum Gasteiger partial charge on any atom is -0.496 e. The van der Waals surface area contributed by atoms with Crippen LogP contribution in [-0.4, -0.2) is 24.5 Å². The van der Waals surface area contributed by atoms with Crippen molar-refractivity contribution < 1.29 is 14.3 Å². The maximum absolute atomic E-state index is 13.5. The first-order valence-corrected chi connectivity index (χ1v) is 10.4. The second kappa shape index (κ2) is 8.44. The summed E-state index contributed by atoms with van der Waals surface area (Å²) in [5.74, 6) is 0.253. The molecule has 1 aliphatic rings. The molecular formula is C25H23ClN2O3. The fraction of sp³-hybridized carbons (Fsp3) is 0.200. The Hall–Kier alpha value is -3.31. The number of nitrogens with zero attached hydrogens (tertiary/aromatic N) is 1. The van der Waals surface area contributed by atoms with Crippen LogP contribution in [0.25, 0.3) is 0 Å². The molecule has 0 spiro atoms. The third-order valence-electron chi connectivity index (χ3n) is 5.68. The maximum Gasteiger partial charge on any atom is 0.259 e. The average molecular weight is 435 g/mol. The van der Waals surface area contributed by atoms with Gasteiger partial charge in [-0.2, -0.15) is 0 Å². The molecule has 4 rings (SSSR count). The Morgan fingerprint density at radius 1 is 1.06 bits per heavy atom. The van der Waals surface area contributed by atoms with Crippen LogP contribution in [0.3, 0.4) is 0 Å². The average Bonchev–Trinajstić information content (AvgIpc) is 2.79. The number of fused-ring (bicyclic) bond motifs is 1. The van der Waals surface area contributed by atoms with Crippen molar-refractivity contribution in [3.05, 3.63) is 94.5 Å². The predicted molar refractivity (Wildman–Crippen MR) is 122 cm³/mol. The van der Waals surface area contributed by atoms with Gasteiger partial charge >= 0.3 is 0 Å². The van der Waals surface area contributed by atoms with Gasteiger partial charge in [0.2, 0.25) is 5.91 Å². The minimum absolute atomic E-state index is 0.209. The molecule has 0 radical (unpaired) electrons. The minimum atomic E-state index is -1.11.